The predicted octanol–water partition coefficient (Wildman–Crippen LogP) is 5.61. The van der Waals surface area contributed by atoms with Gasteiger partial charge in [0.05, 0.1) is 0 Å². The van der Waals surface area contributed by atoms with Crippen LogP contribution in [0.5, 0.6) is 0 Å². The lowest BCUT2D eigenvalue weighted by Crippen LogP contribution is -1.84. The van der Waals surface area contributed by atoms with Crippen LogP contribution in [0.25, 0.3) is 0 Å². The topological polar surface area (TPSA) is 20.2 Å². The molecule has 0 amide bonds. The molecular formula is C16H35FO. The maximum absolute atomic E-state index is 8.64. The Labute approximate surface area is 114 Å². The largest absolute Gasteiger partial charge is 0.396 e. The Balaban J connectivity index is 0. The molecule has 0 radical (unpaired) electrons. The number of rotatable bonds is 14. The van der Waals surface area contributed by atoms with Gasteiger partial charge in [0.2, 0.25) is 0 Å². The van der Waals surface area contributed by atoms with E-state index in [1.165, 1.54) is 83.5 Å². The van der Waals surface area contributed by atoms with Gasteiger partial charge in [-0.05, 0) is 6.42 Å². The fourth-order valence-corrected chi connectivity index (χ4v) is 2.31. The molecule has 0 unspecified atom stereocenters. The zero-order valence-electron chi connectivity index (χ0n) is 12.5. The first-order chi connectivity index (χ1) is 8.41. The minimum Gasteiger partial charge on any atom is -0.396 e. The molecule has 0 spiro atoms. The molecular weight excluding hydrogens is 227 g/mol. The van der Waals surface area contributed by atoms with E-state index in [9.17, 15) is 0 Å². The summed E-state index contributed by atoms with van der Waals surface area (Å²) in [5.74, 6) is 0. The van der Waals surface area contributed by atoms with Crippen molar-refractivity contribution in [1.82, 2.24) is 0 Å². The fraction of sp³-hybridized carbons (Fsp3) is 1.00. The van der Waals surface area contributed by atoms with Crippen molar-refractivity contribution in [2.75, 3.05) is 6.61 Å². The van der Waals surface area contributed by atoms with Crippen LogP contribution in [0.4, 0.5) is 4.70 Å². The highest BCUT2D eigenvalue weighted by molar-refractivity contribution is 4.48. The SMILES string of the molecule is CCCCCCCCCCCCCCCCO.F. The first-order valence-electron chi connectivity index (χ1n) is 8.02. The molecule has 1 N–H and O–H groups in total. The Kier molecular flexibility index (Phi) is 21.6. The van der Waals surface area contributed by atoms with Crippen LogP contribution < -0.4 is 0 Å². The van der Waals surface area contributed by atoms with Crippen molar-refractivity contribution in [2.45, 2.75) is 96.8 Å². The normalized spacial score (nSPS) is 10.3. The van der Waals surface area contributed by atoms with Crippen molar-refractivity contribution in [2.24, 2.45) is 0 Å². The van der Waals surface area contributed by atoms with E-state index in [1.54, 1.807) is 0 Å². The van der Waals surface area contributed by atoms with E-state index >= 15 is 0 Å². The molecule has 112 valence electrons. The number of aliphatic hydroxyl groups excluding tert-OH is 1. The van der Waals surface area contributed by atoms with Gasteiger partial charge in [0, 0.05) is 6.61 Å². The van der Waals surface area contributed by atoms with Crippen LogP contribution in [0.2, 0.25) is 0 Å². The van der Waals surface area contributed by atoms with Crippen molar-refractivity contribution < 1.29 is 9.81 Å². The minimum atomic E-state index is 0. The number of hydrogen-bond acceptors (Lipinski definition) is 1. The number of unbranched alkanes of at least 4 members (excludes halogenated alkanes) is 13. The van der Waals surface area contributed by atoms with Crippen molar-refractivity contribution in [3.63, 3.8) is 0 Å². The van der Waals surface area contributed by atoms with Gasteiger partial charge in [-0.3, -0.25) is 4.70 Å². The molecule has 2 heteroatoms. The smallest absolute Gasteiger partial charge is 0.0431 e. The standard InChI is InChI=1S/C16H34O.FH/c1-2-3-4-5-6-7-8-9-10-11-12-13-14-15-16-17;/h17H,2-16H2,1H3;1H. The summed E-state index contributed by atoms with van der Waals surface area (Å²) >= 11 is 0. The second kappa shape index (κ2) is 19.2. The Morgan fingerprint density at radius 3 is 1.06 bits per heavy atom. The van der Waals surface area contributed by atoms with Gasteiger partial charge in [0.1, 0.15) is 0 Å². The third-order valence-corrected chi connectivity index (χ3v) is 3.51. The van der Waals surface area contributed by atoms with Crippen molar-refractivity contribution >= 4 is 0 Å². The van der Waals surface area contributed by atoms with Gasteiger partial charge in [0.15, 0.2) is 0 Å². The van der Waals surface area contributed by atoms with Gasteiger partial charge in [-0.2, -0.15) is 0 Å². The molecule has 0 aromatic heterocycles. The lowest BCUT2D eigenvalue weighted by Gasteiger charge is -2.02. The Hall–Kier alpha value is -0.110. The summed E-state index contributed by atoms with van der Waals surface area (Å²) in [6.45, 7) is 2.65. The van der Waals surface area contributed by atoms with Crippen molar-refractivity contribution in [1.29, 1.82) is 0 Å². The number of aliphatic hydroxyl groups is 1. The molecule has 1 nitrogen and oxygen atoms in total. The minimum absolute atomic E-state index is 0. The van der Waals surface area contributed by atoms with Gasteiger partial charge in [-0.15, -0.1) is 0 Å². The Bertz CT molecular complexity index is 114. The first-order valence-corrected chi connectivity index (χ1v) is 8.02. The lowest BCUT2D eigenvalue weighted by molar-refractivity contribution is 0.282. The summed E-state index contributed by atoms with van der Waals surface area (Å²) in [7, 11) is 0. The van der Waals surface area contributed by atoms with E-state index in [4.69, 9.17) is 5.11 Å². The number of hydrogen-bond donors (Lipinski definition) is 1. The molecule has 0 bridgehead atoms. The van der Waals surface area contributed by atoms with E-state index in [0.717, 1.165) is 6.42 Å². The van der Waals surface area contributed by atoms with Gasteiger partial charge in [-0.1, -0.05) is 90.4 Å². The van der Waals surface area contributed by atoms with Crippen LogP contribution in [0.15, 0.2) is 0 Å². The molecule has 0 atom stereocenters. The highest BCUT2D eigenvalue weighted by atomic mass is 19.0. The van der Waals surface area contributed by atoms with Gasteiger partial charge in [0.25, 0.3) is 0 Å². The third-order valence-electron chi connectivity index (χ3n) is 3.51. The van der Waals surface area contributed by atoms with E-state index in [1.807, 2.05) is 0 Å². The molecule has 0 aromatic rings. The molecule has 0 aliphatic heterocycles. The molecule has 0 aliphatic carbocycles. The van der Waals surface area contributed by atoms with E-state index in [-0.39, 0.29) is 4.70 Å². The first kappa shape index (κ1) is 20.2. The van der Waals surface area contributed by atoms with Crippen molar-refractivity contribution in [3.8, 4) is 0 Å². The molecule has 0 aliphatic rings. The van der Waals surface area contributed by atoms with Gasteiger partial charge < -0.3 is 5.11 Å². The maximum atomic E-state index is 8.64. The molecule has 0 saturated heterocycles. The van der Waals surface area contributed by atoms with Crippen LogP contribution in [0, 0.1) is 0 Å². The molecule has 0 aromatic carbocycles. The highest BCUT2D eigenvalue weighted by Crippen LogP contribution is 2.12. The van der Waals surface area contributed by atoms with Crippen LogP contribution in [0.1, 0.15) is 96.8 Å². The fourth-order valence-electron chi connectivity index (χ4n) is 2.31. The van der Waals surface area contributed by atoms with Crippen LogP contribution in [-0.4, -0.2) is 11.7 Å². The summed E-state index contributed by atoms with van der Waals surface area (Å²) in [6.07, 6.45) is 19.2. The molecule has 0 fully saturated rings. The maximum Gasteiger partial charge on any atom is 0.0431 e. The molecule has 0 rings (SSSR count). The van der Waals surface area contributed by atoms with Crippen LogP contribution in [0.3, 0.4) is 0 Å². The average Bonchev–Trinajstić information content (AvgIpc) is 2.35. The van der Waals surface area contributed by atoms with E-state index in [2.05, 4.69) is 6.92 Å². The second-order valence-electron chi connectivity index (χ2n) is 5.32. The Morgan fingerprint density at radius 1 is 0.500 bits per heavy atom. The quantitative estimate of drug-likeness (QED) is 0.403. The molecule has 0 saturated carbocycles. The summed E-state index contributed by atoms with van der Waals surface area (Å²) in [4.78, 5) is 0. The summed E-state index contributed by atoms with van der Waals surface area (Å²) < 4.78 is 0. The molecule has 0 heterocycles. The monoisotopic (exact) mass is 262 g/mol. The van der Waals surface area contributed by atoms with Crippen LogP contribution in [-0.2, 0) is 0 Å². The summed E-state index contributed by atoms with van der Waals surface area (Å²) in [5.41, 5.74) is 0. The van der Waals surface area contributed by atoms with E-state index in [0.29, 0.717) is 6.61 Å². The predicted molar refractivity (Wildman–Crippen MR) is 79.9 cm³/mol. The zero-order chi connectivity index (χ0) is 12.6. The highest BCUT2D eigenvalue weighted by Gasteiger charge is 1.93. The van der Waals surface area contributed by atoms with Gasteiger partial charge in [-0.25, -0.2) is 0 Å². The lowest BCUT2D eigenvalue weighted by atomic mass is 10.0. The van der Waals surface area contributed by atoms with Crippen LogP contribution >= 0.6 is 0 Å². The third kappa shape index (κ3) is 18.3. The van der Waals surface area contributed by atoms with Crippen molar-refractivity contribution in [3.05, 3.63) is 0 Å². The zero-order valence-corrected chi connectivity index (χ0v) is 12.5. The van der Waals surface area contributed by atoms with E-state index < -0.39 is 0 Å². The summed E-state index contributed by atoms with van der Waals surface area (Å²) in [5, 5.41) is 8.64. The Morgan fingerprint density at radius 2 is 0.778 bits per heavy atom. The summed E-state index contributed by atoms with van der Waals surface area (Å²) in [6, 6.07) is 0. The van der Waals surface area contributed by atoms with Gasteiger partial charge >= 0.3 is 0 Å². The average molecular weight is 262 g/mol. The number of halogens is 1. The second-order valence-corrected chi connectivity index (χ2v) is 5.32. The molecule has 18 heavy (non-hydrogen) atoms.